The van der Waals surface area contributed by atoms with Gasteiger partial charge in [0.1, 0.15) is 23.9 Å². The molecule has 1 aliphatic heterocycles. The van der Waals surface area contributed by atoms with Crippen LogP contribution in [0.3, 0.4) is 0 Å². The minimum absolute atomic E-state index is 0.225. The predicted molar refractivity (Wildman–Crippen MR) is 83.4 cm³/mol. The quantitative estimate of drug-likeness (QED) is 0.648. The van der Waals surface area contributed by atoms with Gasteiger partial charge in [0, 0.05) is 17.0 Å². The van der Waals surface area contributed by atoms with E-state index in [2.05, 4.69) is 5.16 Å². The topological polar surface area (TPSA) is 95.7 Å². The Kier molecular flexibility index (Phi) is 3.76. The van der Waals surface area contributed by atoms with Gasteiger partial charge in [-0.15, -0.1) is 0 Å². The number of carbonyl (C=O) groups excluding carboxylic acids is 1. The fraction of sp³-hybridized carbons (Fsp3) is 0.375. The predicted octanol–water partition coefficient (Wildman–Crippen LogP) is 1.67. The fourth-order valence-electron chi connectivity index (χ4n) is 2.88. The monoisotopic (exact) mass is 349 g/mol. The van der Waals surface area contributed by atoms with Gasteiger partial charge >= 0.3 is 0 Å². The van der Waals surface area contributed by atoms with Gasteiger partial charge in [0.05, 0.1) is 17.5 Å². The number of nitrogens with zero attached hydrogens (tertiary/aromatic N) is 1. The van der Waals surface area contributed by atoms with Crippen LogP contribution >= 0.6 is 0 Å². The van der Waals surface area contributed by atoms with Gasteiger partial charge in [-0.05, 0) is 25.0 Å². The van der Waals surface area contributed by atoms with Crippen LogP contribution in [0.5, 0.6) is 11.5 Å². The summed E-state index contributed by atoms with van der Waals surface area (Å²) in [6.45, 7) is 0.703. The van der Waals surface area contributed by atoms with Crippen molar-refractivity contribution in [3.05, 3.63) is 40.8 Å². The van der Waals surface area contributed by atoms with E-state index in [1.165, 1.54) is 6.20 Å². The molecule has 8 heteroatoms. The second-order valence-corrected chi connectivity index (χ2v) is 6.80. The zero-order valence-electron chi connectivity index (χ0n) is 12.7. The Morgan fingerprint density at radius 3 is 2.71 bits per heavy atom. The standard InChI is InChI=1S/C16H15NO6S/c18-14(11-7-17-23-15(11)9-1-2-9)10-3-4-13-16(22-6-5-21-13)12(10)8-24(19)20/h3-4,7,9,24H,1-2,5-6,8H2. The summed E-state index contributed by atoms with van der Waals surface area (Å²) in [5, 5.41) is 3.74. The molecule has 4 rings (SSSR count). The highest BCUT2D eigenvalue weighted by molar-refractivity contribution is 7.71. The Balaban J connectivity index is 1.81. The zero-order valence-corrected chi connectivity index (χ0v) is 13.6. The number of carbonyl (C=O) groups is 1. The normalized spacial score (nSPS) is 16.4. The molecule has 0 unspecified atom stereocenters. The maximum absolute atomic E-state index is 13.0. The molecule has 1 fully saturated rings. The Hall–Kier alpha value is -2.35. The molecule has 0 spiro atoms. The molecule has 2 aromatic rings. The molecule has 126 valence electrons. The summed E-state index contributed by atoms with van der Waals surface area (Å²) in [6.07, 6.45) is 3.33. The first-order valence-corrected chi connectivity index (χ1v) is 9.04. The summed E-state index contributed by atoms with van der Waals surface area (Å²) in [5.74, 6) is 0.998. The summed E-state index contributed by atoms with van der Waals surface area (Å²) in [5.41, 5.74) is 0.997. The first-order chi connectivity index (χ1) is 11.6. The maximum Gasteiger partial charge on any atom is 0.198 e. The maximum atomic E-state index is 13.0. The third-order valence-corrected chi connectivity index (χ3v) is 4.71. The number of ketones is 1. The number of rotatable bonds is 5. The number of thiol groups is 1. The van der Waals surface area contributed by atoms with Crippen molar-refractivity contribution >= 4 is 16.5 Å². The van der Waals surface area contributed by atoms with Crippen LogP contribution in [0.4, 0.5) is 0 Å². The van der Waals surface area contributed by atoms with Gasteiger partial charge in [-0.1, -0.05) is 5.16 Å². The largest absolute Gasteiger partial charge is 0.486 e. The SMILES string of the molecule is O=C(c1cnoc1C1CC1)c1ccc2c(c1C[SH](=O)=O)OCCO2. The van der Waals surface area contributed by atoms with Crippen molar-refractivity contribution in [3.8, 4) is 11.5 Å². The lowest BCUT2D eigenvalue weighted by molar-refractivity contribution is 0.103. The number of ether oxygens (including phenoxy) is 2. The van der Waals surface area contributed by atoms with Crippen molar-refractivity contribution in [2.24, 2.45) is 0 Å². The first kappa shape index (κ1) is 15.2. The van der Waals surface area contributed by atoms with E-state index in [0.717, 1.165) is 12.8 Å². The molecule has 1 saturated carbocycles. The van der Waals surface area contributed by atoms with Gasteiger partial charge < -0.3 is 14.0 Å². The average Bonchev–Trinajstić information content (AvgIpc) is 3.31. The molecule has 1 aliphatic carbocycles. The van der Waals surface area contributed by atoms with E-state index >= 15 is 0 Å². The van der Waals surface area contributed by atoms with Crippen LogP contribution in [0.15, 0.2) is 22.9 Å². The smallest absolute Gasteiger partial charge is 0.198 e. The Labute approximate surface area is 139 Å². The van der Waals surface area contributed by atoms with Crippen molar-refractivity contribution in [3.63, 3.8) is 0 Å². The number of fused-ring (bicyclic) bond motifs is 1. The van der Waals surface area contributed by atoms with Crippen molar-refractivity contribution in [1.82, 2.24) is 5.16 Å². The van der Waals surface area contributed by atoms with Crippen LogP contribution in [-0.2, 0) is 16.5 Å². The second-order valence-electron chi connectivity index (χ2n) is 5.81. The van der Waals surface area contributed by atoms with Gasteiger partial charge in [0.2, 0.25) is 0 Å². The molecule has 0 N–H and O–H groups in total. The summed E-state index contributed by atoms with van der Waals surface area (Å²) < 4.78 is 38.9. The lowest BCUT2D eigenvalue weighted by atomic mass is 9.97. The number of benzene rings is 1. The molecule has 0 bridgehead atoms. The number of hydrogen-bond donors (Lipinski definition) is 1. The van der Waals surface area contributed by atoms with E-state index in [1.807, 2.05) is 0 Å². The molecule has 24 heavy (non-hydrogen) atoms. The van der Waals surface area contributed by atoms with Crippen LogP contribution in [0.1, 0.15) is 46.0 Å². The summed E-state index contributed by atoms with van der Waals surface area (Å²) in [6, 6.07) is 3.21. The van der Waals surface area contributed by atoms with Crippen molar-refractivity contribution in [1.29, 1.82) is 0 Å². The third-order valence-electron chi connectivity index (χ3n) is 4.13. The third kappa shape index (κ3) is 2.66. The van der Waals surface area contributed by atoms with Crippen molar-refractivity contribution < 1.29 is 27.2 Å². The lowest BCUT2D eigenvalue weighted by Crippen LogP contribution is -2.18. The summed E-state index contributed by atoms with van der Waals surface area (Å²) in [4.78, 5) is 13.0. The molecule has 1 aromatic carbocycles. The van der Waals surface area contributed by atoms with Crippen molar-refractivity contribution in [2.75, 3.05) is 13.2 Å². The molecule has 2 heterocycles. The molecular formula is C16H15NO6S. The molecule has 0 amide bonds. The first-order valence-electron chi connectivity index (χ1n) is 7.67. The van der Waals surface area contributed by atoms with E-state index < -0.39 is 10.7 Å². The summed E-state index contributed by atoms with van der Waals surface area (Å²) >= 11 is 0. The Morgan fingerprint density at radius 1 is 1.17 bits per heavy atom. The molecule has 2 aliphatic rings. The van der Waals surface area contributed by atoms with E-state index in [-0.39, 0.29) is 23.0 Å². The van der Waals surface area contributed by atoms with E-state index in [4.69, 9.17) is 14.0 Å². The highest BCUT2D eigenvalue weighted by Gasteiger charge is 2.34. The van der Waals surface area contributed by atoms with Crippen LogP contribution in [-0.4, -0.2) is 32.6 Å². The van der Waals surface area contributed by atoms with Gasteiger partial charge in [-0.2, -0.15) is 0 Å². The Bertz CT molecular complexity index is 873. The summed E-state index contributed by atoms with van der Waals surface area (Å²) in [7, 11) is -2.73. The van der Waals surface area contributed by atoms with Gasteiger partial charge in [0.25, 0.3) is 0 Å². The highest BCUT2D eigenvalue weighted by atomic mass is 32.2. The van der Waals surface area contributed by atoms with Crippen LogP contribution in [0.2, 0.25) is 0 Å². The molecule has 0 atom stereocenters. The zero-order chi connectivity index (χ0) is 16.7. The lowest BCUT2D eigenvalue weighted by Gasteiger charge is -2.22. The minimum Gasteiger partial charge on any atom is -0.486 e. The average molecular weight is 349 g/mol. The van der Waals surface area contributed by atoms with Crippen LogP contribution in [0, 0.1) is 0 Å². The minimum atomic E-state index is -2.73. The number of aromatic nitrogens is 1. The van der Waals surface area contributed by atoms with Gasteiger partial charge in [-0.3, -0.25) is 4.79 Å². The second kappa shape index (κ2) is 5.94. The number of hydrogen-bond acceptors (Lipinski definition) is 7. The highest BCUT2D eigenvalue weighted by Crippen LogP contribution is 2.43. The molecule has 0 radical (unpaired) electrons. The molecular weight excluding hydrogens is 334 g/mol. The van der Waals surface area contributed by atoms with Crippen molar-refractivity contribution in [2.45, 2.75) is 24.5 Å². The Morgan fingerprint density at radius 2 is 1.96 bits per heavy atom. The molecule has 0 saturated heterocycles. The fourth-order valence-corrected chi connectivity index (χ4v) is 3.45. The van der Waals surface area contributed by atoms with E-state index in [1.54, 1.807) is 12.1 Å². The molecule has 1 aromatic heterocycles. The van der Waals surface area contributed by atoms with Gasteiger partial charge in [-0.25, -0.2) is 8.42 Å². The molecule has 7 nitrogen and oxygen atoms in total. The van der Waals surface area contributed by atoms with Crippen LogP contribution < -0.4 is 9.47 Å². The van der Waals surface area contributed by atoms with Crippen LogP contribution in [0.25, 0.3) is 0 Å². The van der Waals surface area contributed by atoms with Gasteiger partial charge in [0.15, 0.2) is 23.0 Å². The van der Waals surface area contributed by atoms with E-state index in [0.29, 0.717) is 41.6 Å². The van der Waals surface area contributed by atoms with E-state index in [9.17, 15) is 13.2 Å².